The second kappa shape index (κ2) is 14.0. The first-order chi connectivity index (χ1) is 21.4. The van der Waals surface area contributed by atoms with Crippen LogP contribution in [0.1, 0.15) is 99.7 Å². The number of carboxylic acid groups (broad SMARTS) is 1. The number of piperazine rings is 1. The standard InChI is InChI=1S/C34H47N5O5S/c1-21(29(34(2,3)4)37-33(43)44)30(41)36-27(22-12-7-5-8-13-22)32(42)39-18-24-16-11-17-38(24)19-26(39)31-35-25(20-45-31)28(40)23-14-9-6-10-15-23/h6,9-10,14-15,20-22,24,26-27,29,37H,5,7-8,11-13,16-19H2,1-4H3,(H,36,41)(H,43,44)/t21-,24+,26-,27-,29?/m0/s1. The summed E-state index contributed by atoms with van der Waals surface area (Å²) in [6.07, 6.45) is 5.71. The number of benzene rings is 1. The number of carbonyl (C=O) groups is 4. The summed E-state index contributed by atoms with van der Waals surface area (Å²) in [6.45, 7) is 9.58. The molecule has 0 radical (unpaired) electrons. The molecule has 1 saturated carbocycles. The predicted octanol–water partition coefficient (Wildman–Crippen LogP) is 5.11. The Morgan fingerprint density at radius 1 is 0.978 bits per heavy atom. The molecule has 1 aliphatic carbocycles. The van der Waals surface area contributed by atoms with E-state index in [9.17, 15) is 24.3 Å². The van der Waals surface area contributed by atoms with Gasteiger partial charge in [0.25, 0.3) is 0 Å². The number of aromatic nitrogens is 1. The highest BCUT2D eigenvalue weighted by Gasteiger charge is 2.45. The largest absolute Gasteiger partial charge is 0.465 e. The molecule has 3 fully saturated rings. The van der Waals surface area contributed by atoms with Crippen molar-refractivity contribution in [3.05, 3.63) is 52.0 Å². The average Bonchev–Trinajstić information content (AvgIpc) is 3.71. The van der Waals surface area contributed by atoms with Crippen LogP contribution in [-0.2, 0) is 9.59 Å². The van der Waals surface area contributed by atoms with Gasteiger partial charge in [-0.05, 0) is 43.6 Å². The number of fused-ring (bicyclic) bond motifs is 1. The summed E-state index contributed by atoms with van der Waals surface area (Å²) in [4.78, 5) is 62.5. The van der Waals surface area contributed by atoms with E-state index in [-0.39, 0.29) is 35.6 Å². The number of carbonyl (C=O) groups excluding carboxylic acids is 3. The summed E-state index contributed by atoms with van der Waals surface area (Å²) >= 11 is 1.41. The number of thiazole rings is 1. The van der Waals surface area contributed by atoms with Gasteiger partial charge < -0.3 is 20.6 Å². The molecular weight excluding hydrogens is 590 g/mol. The Labute approximate surface area is 270 Å². The normalized spacial score (nSPS) is 23.1. The van der Waals surface area contributed by atoms with Crippen molar-refractivity contribution in [2.45, 2.75) is 96.8 Å². The van der Waals surface area contributed by atoms with Gasteiger partial charge in [0.2, 0.25) is 17.6 Å². The van der Waals surface area contributed by atoms with Crippen LogP contribution in [0.4, 0.5) is 4.79 Å². The van der Waals surface area contributed by atoms with Crippen molar-refractivity contribution >= 4 is 35.0 Å². The number of ketones is 1. The quantitative estimate of drug-likeness (QED) is 0.326. The van der Waals surface area contributed by atoms with Gasteiger partial charge in [-0.15, -0.1) is 11.3 Å². The monoisotopic (exact) mass is 637 g/mol. The smallest absolute Gasteiger partial charge is 0.404 e. The molecule has 1 aromatic heterocycles. The fourth-order valence-electron chi connectivity index (χ4n) is 7.44. The Balaban J connectivity index is 1.43. The van der Waals surface area contributed by atoms with Gasteiger partial charge in [0.1, 0.15) is 16.7 Å². The van der Waals surface area contributed by atoms with E-state index in [0.29, 0.717) is 24.3 Å². The van der Waals surface area contributed by atoms with E-state index in [1.54, 1.807) is 24.4 Å². The minimum atomic E-state index is -1.18. The van der Waals surface area contributed by atoms with E-state index in [1.165, 1.54) is 11.3 Å². The zero-order valence-corrected chi connectivity index (χ0v) is 27.6. The fourth-order valence-corrected chi connectivity index (χ4v) is 8.34. The van der Waals surface area contributed by atoms with Gasteiger partial charge in [0.15, 0.2) is 0 Å². The van der Waals surface area contributed by atoms with Crippen LogP contribution < -0.4 is 10.6 Å². The minimum Gasteiger partial charge on any atom is -0.465 e. The van der Waals surface area contributed by atoms with Crippen LogP contribution in [0.2, 0.25) is 0 Å². The Morgan fingerprint density at radius 2 is 1.69 bits per heavy atom. The Morgan fingerprint density at radius 3 is 2.36 bits per heavy atom. The van der Waals surface area contributed by atoms with Crippen molar-refractivity contribution in [3.63, 3.8) is 0 Å². The molecule has 2 aliphatic heterocycles. The summed E-state index contributed by atoms with van der Waals surface area (Å²) in [7, 11) is 0. The van der Waals surface area contributed by atoms with E-state index < -0.39 is 29.5 Å². The van der Waals surface area contributed by atoms with E-state index in [4.69, 9.17) is 4.98 Å². The van der Waals surface area contributed by atoms with Crippen LogP contribution in [-0.4, -0.2) is 81.3 Å². The van der Waals surface area contributed by atoms with Gasteiger partial charge in [-0.2, -0.15) is 0 Å². The molecule has 45 heavy (non-hydrogen) atoms. The first-order valence-electron chi connectivity index (χ1n) is 16.3. The summed E-state index contributed by atoms with van der Waals surface area (Å²) in [5.41, 5.74) is 0.441. The van der Waals surface area contributed by atoms with Crippen LogP contribution in [0.5, 0.6) is 0 Å². The maximum atomic E-state index is 14.7. The van der Waals surface area contributed by atoms with Crippen LogP contribution in [0.25, 0.3) is 0 Å². The highest BCUT2D eigenvalue weighted by Crippen LogP contribution is 2.37. The lowest BCUT2D eigenvalue weighted by molar-refractivity contribution is -0.145. The zero-order chi connectivity index (χ0) is 32.3. The molecule has 5 atom stereocenters. The third kappa shape index (κ3) is 7.57. The molecule has 2 saturated heterocycles. The van der Waals surface area contributed by atoms with E-state index in [2.05, 4.69) is 15.5 Å². The third-order valence-electron chi connectivity index (χ3n) is 9.86. The number of hydrogen-bond acceptors (Lipinski definition) is 7. The summed E-state index contributed by atoms with van der Waals surface area (Å²) in [6, 6.07) is 7.66. The highest BCUT2D eigenvalue weighted by molar-refractivity contribution is 7.10. The zero-order valence-electron chi connectivity index (χ0n) is 26.8. The second-order valence-corrected chi connectivity index (χ2v) is 14.9. The molecule has 3 amide bonds. The number of rotatable bonds is 9. The molecule has 244 valence electrons. The van der Waals surface area contributed by atoms with Crippen LogP contribution in [0.3, 0.4) is 0 Å². The van der Waals surface area contributed by atoms with Gasteiger partial charge in [0.05, 0.1) is 12.0 Å². The maximum absolute atomic E-state index is 14.7. The van der Waals surface area contributed by atoms with Crippen molar-refractivity contribution in [2.75, 3.05) is 19.6 Å². The number of amides is 3. The van der Waals surface area contributed by atoms with Crippen molar-refractivity contribution in [1.29, 1.82) is 0 Å². The second-order valence-electron chi connectivity index (χ2n) is 14.0. The van der Waals surface area contributed by atoms with E-state index in [1.807, 2.05) is 43.9 Å². The van der Waals surface area contributed by atoms with Crippen molar-refractivity contribution < 1.29 is 24.3 Å². The summed E-state index contributed by atoms with van der Waals surface area (Å²) < 4.78 is 0. The SMILES string of the molecule is C[C@H](C(=O)N[C@H](C(=O)N1C[C@H]2CCCN2C[C@H]1c1nc(C(=O)c2ccccc2)cs1)C1CCCCC1)C(NC(=O)O)C(C)(C)C. The number of nitrogens with zero attached hydrogens (tertiary/aromatic N) is 3. The van der Waals surface area contributed by atoms with Crippen LogP contribution >= 0.6 is 11.3 Å². The van der Waals surface area contributed by atoms with Gasteiger partial charge in [0, 0.05) is 36.1 Å². The molecule has 10 nitrogen and oxygen atoms in total. The molecule has 1 aromatic carbocycles. The van der Waals surface area contributed by atoms with Gasteiger partial charge in [-0.3, -0.25) is 19.3 Å². The lowest BCUT2D eigenvalue weighted by Crippen LogP contribution is -2.61. The lowest BCUT2D eigenvalue weighted by Gasteiger charge is -2.45. The van der Waals surface area contributed by atoms with Crippen molar-refractivity contribution in [1.82, 2.24) is 25.4 Å². The summed E-state index contributed by atoms with van der Waals surface area (Å²) in [5.74, 6) is -1.27. The molecule has 5 rings (SSSR count). The topological polar surface area (TPSA) is 132 Å². The Bertz CT molecular complexity index is 1370. The van der Waals surface area contributed by atoms with Crippen molar-refractivity contribution in [3.8, 4) is 0 Å². The first-order valence-corrected chi connectivity index (χ1v) is 17.2. The molecule has 1 unspecified atom stereocenters. The highest BCUT2D eigenvalue weighted by atomic mass is 32.1. The number of hydrogen-bond donors (Lipinski definition) is 3. The first kappa shape index (κ1) is 33.1. The molecule has 3 N–H and O–H groups in total. The van der Waals surface area contributed by atoms with Crippen molar-refractivity contribution in [2.24, 2.45) is 17.3 Å². The Hall–Kier alpha value is -3.31. The molecule has 3 heterocycles. The summed E-state index contributed by atoms with van der Waals surface area (Å²) in [5, 5.41) is 17.7. The van der Waals surface area contributed by atoms with Gasteiger partial charge in [-0.1, -0.05) is 77.3 Å². The van der Waals surface area contributed by atoms with Gasteiger partial charge in [-0.25, -0.2) is 9.78 Å². The third-order valence-corrected chi connectivity index (χ3v) is 10.8. The molecule has 2 aromatic rings. The minimum absolute atomic E-state index is 0.00306. The molecule has 11 heteroatoms. The lowest BCUT2D eigenvalue weighted by atomic mass is 9.78. The number of nitrogens with one attached hydrogen (secondary N) is 2. The predicted molar refractivity (Wildman–Crippen MR) is 173 cm³/mol. The molecule has 0 bridgehead atoms. The molecule has 0 spiro atoms. The van der Waals surface area contributed by atoms with Crippen LogP contribution in [0, 0.1) is 17.3 Å². The van der Waals surface area contributed by atoms with E-state index >= 15 is 0 Å². The fraction of sp³-hybridized carbons (Fsp3) is 0.618. The molecular formula is C34H47N5O5S. The molecule has 3 aliphatic rings. The van der Waals surface area contributed by atoms with E-state index in [0.717, 1.165) is 56.5 Å². The average molecular weight is 638 g/mol. The Kier molecular flexibility index (Phi) is 10.3. The van der Waals surface area contributed by atoms with Gasteiger partial charge >= 0.3 is 6.09 Å². The van der Waals surface area contributed by atoms with Crippen LogP contribution in [0.15, 0.2) is 35.7 Å². The maximum Gasteiger partial charge on any atom is 0.404 e.